The van der Waals surface area contributed by atoms with Crippen molar-refractivity contribution in [3.8, 4) is 0 Å². The molecule has 0 rings (SSSR count). The summed E-state index contributed by atoms with van der Waals surface area (Å²) in [5.41, 5.74) is 0. The first-order valence-electron chi connectivity index (χ1n) is 33.5. The molecule has 0 saturated carbocycles. The van der Waals surface area contributed by atoms with Gasteiger partial charge in [-0.2, -0.15) is 204 Å². The second-order valence-corrected chi connectivity index (χ2v) is 22.2. The Labute approximate surface area is 696 Å². The smallest absolute Gasteiger partial charge is 0.466 e. The molecule has 0 amide bonds. The first-order chi connectivity index (χ1) is 54.7. The SMILES string of the molecule is C=CCC.C=CCN(C(F)(F)F)C(F)(F)F.C=C[CH2-].CC/C=C/CN(C(F)(F)F)C(F)(F)F.CCCCCCN(C(F)(F)F)C(F)(F)F.CCCCCN(C(F)(F)F)C(F)(F)F.CCOC(=O)C/C=C/CN(C(F)(F)F)C(F)(F)F.ClCCl.O=CCN(C(F)(F)F)C(F)(F)F.OCCCCCN(C(F)(F)F)C(F)(F)F.[CH2-]CCBr.[CH2-]CCO.[CH2-]CCO.[Rf].[Rf].[Rf].[Rf]. The Morgan fingerprint density at radius 3 is 0.714 bits per heavy atom. The number of aliphatic hydroxyl groups is 3. The molecule has 13 nitrogen and oxygen atoms in total. The number of carbonyl (C=O) groups excluding carboxylic acids is 2. The summed E-state index contributed by atoms with van der Waals surface area (Å²) >= 11 is 12.7. The summed E-state index contributed by atoms with van der Waals surface area (Å²) in [6.45, 7) is 23.2. The van der Waals surface area contributed by atoms with Crippen LogP contribution in [0, 0.1) is 27.7 Å². The van der Waals surface area contributed by atoms with E-state index in [1.807, 2.05) is 13.0 Å². The third-order valence-electron chi connectivity index (χ3n) is 10.6. The predicted molar refractivity (Wildman–Crippen MR) is 373 cm³/mol. The molecule has 0 aliphatic carbocycles. The fourth-order valence-corrected chi connectivity index (χ4v) is 5.50. The molecule has 3 N–H and O–H groups in total. The zero-order valence-electron chi connectivity index (χ0n) is 68.1. The molecule has 126 heavy (non-hydrogen) atoms. The van der Waals surface area contributed by atoms with Crippen LogP contribution < -0.4 is 0 Å². The number of hydrogen-bond acceptors (Lipinski definition) is 13. The van der Waals surface area contributed by atoms with Crippen LogP contribution in [-0.2, 0) is 14.3 Å². The van der Waals surface area contributed by atoms with Gasteiger partial charge in [0.1, 0.15) is 6.29 Å². The van der Waals surface area contributed by atoms with Crippen LogP contribution in [0.25, 0.3) is 0 Å². The Morgan fingerprint density at radius 2 is 0.556 bits per heavy atom. The Hall–Kier alpha value is -8.57. The van der Waals surface area contributed by atoms with E-state index in [2.05, 4.69) is 75.0 Å². The normalized spacial score (nSPS) is 12.0. The maximum Gasteiger partial charge on any atom is 0.467 e. The Bertz CT molecular complexity index is 2270. The van der Waals surface area contributed by atoms with Crippen LogP contribution in [0.2, 0.25) is 0 Å². The van der Waals surface area contributed by atoms with Crippen LogP contribution in [0.5, 0.6) is 0 Å². The van der Waals surface area contributed by atoms with Gasteiger partial charge in [0.2, 0.25) is 0 Å². The van der Waals surface area contributed by atoms with E-state index >= 15 is 0 Å². The van der Waals surface area contributed by atoms with Crippen molar-refractivity contribution in [3.63, 3.8) is 0 Å². The van der Waals surface area contributed by atoms with Crippen molar-refractivity contribution >= 4 is 51.4 Å². The van der Waals surface area contributed by atoms with Crippen molar-refractivity contribution in [2.24, 2.45) is 0 Å². The molecule has 0 aromatic rings. The largest absolute Gasteiger partial charge is 0.467 e. The van der Waals surface area contributed by atoms with E-state index in [1.54, 1.807) is 13.8 Å². The first kappa shape index (κ1) is 158. The molecular weight excluding hydrogens is 2980 g/mol. The molecule has 0 heterocycles. The molecule has 62 heteroatoms. The van der Waals surface area contributed by atoms with Crippen molar-refractivity contribution in [2.45, 2.75) is 226 Å². The number of rotatable bonds is 30. The summed E-state index contributed by atoms with van der Waals surface area (Å²) in [4.78, 5) is 9.53. The molecule has 0 atom stereocenters. The molecule has 0 aliphatic heterocycles. The number of carbonyl (C=O) groups is 2. The quantitative estimate of drug-likeness (QED) is 0.00924. The standard InChI is InChI=1S/C9H11F6NO2.C8H13F6N.C7H11F6NO.C7H11F6N.C7H9F6N.C5H5F6N.C4H3F6NO.C4H8.C3H6Br.2C3H7O.C3H5.CH2Cl2.4Rf/c1-2-18-7(17)5-3-4-6-16(8(10,11)12)9(13,14)15;1-2-3-4-5-6-15(7(9,10)11)8(12,13)14;8-6(9,10)14(7(11,12)13)4-2-1-3-5-15;2*1-2-3-4-5-14(6(8,9)10)7(11,12)13;1-2-3-12(4(6,7)8)5(9,10)11;5-3(6,7)11(1-2-12)4(8,9)10;1-3-4-2;3*1-2-3-4;1-3-2;2-1-3;;;;/h3-4H,2,5-6H2,1H3;2-6H2,1H3;15H,1-5H2;2-5H2,1H3;3-4H,2,5H2,1H3;2H,1,3H2;2H,1H2;3H,1,4H2,2H3;1-3H2;2*4H,1-3H2;3H,1-2H2;1H2;;;;/q;;;;;;;;4*-1;;;;;/b4-3+;;;;4-3+;;;;;;;;;;;;. The van der Waals surface area contributed by atoms with Gasteiger partial charge in [-0.1, -0.05) is 112 Å². The van der Waals surface area contributed by atoms with E-state index < -0.39 is 181 Å². The molecule has 0 aromatic heterocycles. The maximum atomic E-state index is 12.0. The van der Waals surface area contributed by atoms with Crippen molar-refractivity contribution < 1.29 is 214 Å². The van der Waals surface area contributed by atoms with Gasteiger partial charge in [0.05, 0.1) is 24.9 Å². The van der Waals surface area contributed by atoms with Crippen LogP contribution in [0.3, 0.4) is 0 Å². The minimum Gasteiger partial charge on any atom is -0.466 e. The van der Waals surface area contributed by atoms with E-state index in [9.17, 15) is 194 Å². The number of hydrogen-bond donors (Lipinski definition) is 3. The maximum absolute atomic E-state index is 12.0. The Kier molecular flexibility index (Phi) is 103. The second-order valence-electron chi connectivity index (χ2n) is 20.6. The van der Waals surface area contributed by atoms with Crippen molar-refractivity contribution in [3.05, 3.63) is 90.0 Å². The van der Waals surface area contributed by atoms with Crippen LogP contribution in [-0.4, -0.2) is 233 Å². The average molecular weight is 3080 g/mol. The molecule has 0 aliphatic rings. The average Bonchev–Trinajstić information content (AvgIpc) is 0.873. The van der Waals surface area contributed by atoms with E-state index in [4.69, 9.17) is 38.5 Å². The molecule has 752 valence electrons. The fraction of sp³-hybridized carbons (Fsp3) is 0.750. The summed E-state index contributed by atoms with van der Waals surface area (Å²) in [7, 11) is 0. The molecular formula is C64H98BrCl2F42N7O6Rf4-4. The summed E-state index contributed by atoms with van der Waals surface area (Å²) in [6.07, 6.45) is -63.1. The monoisotopic (exact) mass is 3080 g/mol. The number of esters is 1. The molecule has 0 unspecified atom stereocenters. The van der Waals surface area contributed by atoms with E-state index in [-0.39, 0.29) is 70.3 Å². The van der Waals surface area contributed by atoms with Crippen molar-refractivity contribution in [1.29, 1.82) is 0 Å². The van der Waals surface area contributed by atoms with Crippen LogP contribution in [0.1, 0.15) is 137 Å². The number of alkyl halides is 45. The summed E-state index contributed by atoms with van der Waals surface area (Å²) < 4.78 is 499. The third-order valence-corrected chi connectivity index (χ3v) is 11.1. The number of allylic oxidation sites excluding steroid dienone is 3. The Morgan fingerprint density at radius 1 is 0.349 bits per heavy atom. The molecule has 0 saturated heterocycles. The van der Waals surface area contributed by atoms with Gasteiger partial charge in [-0.05, 0) is 57.2 Å². The first-order valence-corrected chi connectivity index (χ1v) is 35.7. The van der Waals surface area contributed by atoms with E-state index in [1.165, 1.54) is 19.1 Å². The van der Waals surface area contributed by atoms with Crippen LogP contribution in [0.15, 0.2) is 62.3 Å². The third kappa shape index (κ3) is 110. The van der Waals surface area contributed by atoms with E-state index in [0.717, 1.165) is 36.7 Å². The van der Waals surface area contributed by atoms with Gasteiger partial charge in [0.15, 0.2) is 0 Å². The second kappa shape index (κ2) is 82.1. The number of unbranched alkanes of at least 4 members (excludes halogenated alkanes) is 7. The molecule has 0 fully saturated rings. The Balaban J connectivity index is -0.0000000702. The van der Waals surface area contributed by atoms with Gasteiger partial charge >= 0.3 is 94.2 Å². The summed E-state index contributed by atoms with van der Waals surface area (Å²) in [5, 5.41) is 25.1. The van der Waals surface area contributed by atoms with Crippen LogP contribution in [0.4, 0.5) is 184 Å². The number of aldehydes is 1. The van der Waals surface area contributed by atoms with Crippen LogP contribution >= 0.6 is 39.1 Å². The van der Waals surface area contributed by atoms with Gasteiger partial charge in [0, 0.05) is 59.1 Å². The molecule has 0 spiro atoms. The van der Waals surface area contributed by atoms with Gasteiger partial charge in [-0.15, -0.1) is 70.7 Å². The predicted octanol–water partition coefficient (Wildman–Crippen LogP) is 26.1. The van der Waals surface area contributed by atoms with E-state index in [0.29, 0.717) is 57.1 Å². The topological polar surface area (TPSA) is 127 Å². The van der Waals surface area contributed by atoms with Crippen molar-refractivity contribution in [2.75, 3.05) is 82.9 Å². The zero-order chi connectivity index (χ0) is 100. The molecule has 0 radical (unpaired) electrons. The summed E-state index contributed by atoms with van der Waals surface area (Å²) in [5.74, 6) is -0.723. The minimum absolute atomic E-state index is 0. The fourth-order valence-electron chi connectivity index (χ4n) is 5.50. The number of halogens is 45. The summed E-state index contributed by atoms with van der Waals surface area (Å²) in [6, 6.07) is 0. The zero-order valence-corrected chi connectivity index (χ0v) is 96.8. The molecule has 0 bridgehead atoms. The van der Waals surface area contributed by atoms with Gasteiger partial charge in [0.25, 0.3) is 0 Å². The van der Waals surface area contributed by atoms with Gasteiger partial charge in [-0.3, -0.25) is 4.79 Å². The van der Waals surface area contributed by atoms with Gasteiger partial charge < -0.3 is 45.6 Å². The number of ether oxygens (including phenoxy) is 1. The molecule has 0 aromatic carbocycles. The minimum atomic E-state index is -5.57. The van der Waals surface area contributed by atoms with Gasteiger partial charge in [-0.25, -0.2) is 19.6 Å². The number of nitrogens with zero attached hydrogens (tertiary/aromatic N) is 7. The number of aliphatic hydroxyl groups excluding tert-OH is 3. The van der Waals surface area contributed by atoms with Crippen molar-refractivity contribution in [1.82, 2.24) is 34.3 Å².